The number of guanidine groups is 1. The monoisotopic (exact) mass is 225 g/mol. The number of rotatable bonds is 3. The molecule has 2 N–H and O–H groups in total. The van der Waals surface area contributed by atoms with Crippen LogP contribution < -0.4 is 5.73 Å². The van der Waals surface area contributed by atoms with E-state index in [0.717, 1.165) is 31.9 Å². The van der Waals surface area contributed by atoms with Gasteiger partial charge in [0.15, 0.2) is 5.96 Å². The van der Waals surface area contributed by atoms with Gasteiger partial charge in [0.25, 0.3) is 0 Å². The lowest BCUT2D eigenvalue weighted by Gasteiger charge is -2.44. The largest absolute Gasteiger partial charge is 0.381 e. The van der Waals surface area contributed by atoms with Crippen LogP contribution in [0.2, 0.25) is 0 Å². The summed E-state index contributed by atoms with van der Waals surface area (Å²) in [7, 11) is 1.81. The molecule has 4 nitrogen and oxygen atoms in total. The Labute approximate surface area is 97.9 Å². The molecule has 2 unspecified atom stereocenters. The summed E-state index contributed by atoms with van der Waals surface area (Å²) in [6.07, 6.45) is 6.19. The molecule has 1 spiro atoms. The minimum Gasteiger partial charge on any atom is -0.381 e. The van der Waals surface area contributed by atoms with Crippen LogP contribution in [-0.4, -0.2) is 42.7 Å². The van der Waals surface area contributed by atoms with Gasteiger partial charge in [-0.25, -0.2) is 0 Å². The number of aliphatic imine (C=N–C) groups is 1. The summed E-state index contributed by atoms with van der Waals surface area (Å²) in [6.45, 7) is 4.07. The molecule has 1 aliphatic carbocycles. The number of hydrogen-bond donors (Lipinski definition) is 1. The highest BCUT2D eigenvalue weighted by Crippen LogP contribution is 2.37. The van der Waals surface area contributed by atoms with E-state index < -0.39 is 0 Å². The minimum atomic E-state index is 0.166. The molecule has 1 fully saturated rings. The summed E-state index contributed by atoms with van der Waals surface area (Å²) in [5.74, 6) is 0.735. The van der Waals surface area contributed by atoms with Gasteiger partial charge in [0.1, 0.15) is 0 Å². The average Bonchev–Trinajstić information content (AvgIpc) is 2.59. The van der Waals surface area contributed by atoms with E-state index in [2.05, 4.69) is 16.8 Å². The third-order valence-corrected chi connectivity index (χ3v) is 3.94. The number of nitrogens with two attached hydrogens (primary N) is 1. The van der Waals surface area contributed by atoms with Gasteiger partial charge in [-0.05, 0) is 32.1 Å². The quantitative estimate of drug-likeness (QED) is 0.789. The SMILES string of the molecule is CCCN1C(N)=NCC12CCCC(OC)C2. The molecule has 0 aromatic heterocycles. The molecule has 0 radical (unpaired) electrons. The van der Waals surface area contributed by atoms with Crippen molar-refractivity contribution in [3.05, 3.63) is 0 Å². The molecule has 2 atom stereocenters. The number of hydrogen-bond acceptors (Lipinski definition) is 4. The maximum absolute atomic E-state index is 5.99. The predicted octanol–water partition coefficient (Wildman–Crippen LogP) is 1.35. The second-order valence-corrected chi connectivity index (χ2v) is 5.00. The lowest BCUT2D eigenvalue weighted by atomic mass is 9.79. The van der Waals surface area contributed by atoms with Gasteiger partial charge in [0.2, 0.25) is 0 Å². The zero-order valence-electron chi connectivity index (χ0n) is 10.4. The third-order valence-electron chi connectivity index (χ3n) is 3.94. The van der Waals surface area contributed by atoms with E-state index in [1.807, 2.05) is 7.11 Å². The minimum absolute atomic E-state index is 0.166. The first-order valence-electron chi connectivity index (χ1n) is 6.32. The maximum atomic E-state index is 5.99. The zero-order chi connectivity index (χ0) is 11.6. The highest BCUT2D eigenvalue weighted by molar-refractivity contribution is 5.81. The Morgan fingerprint density at radius 1 is 1.62 bits per heavy atom. The van der Waals surface area contributed by atoms with Crippen molar-refractivity contribution in [2.75, 3.05) is 20.2 Å². The van der Waals surface area contributed by atoms with Gasteiger partial charge >= 0.3 is 0 Å². The molecule has 92 valence electrons. The lowest BCUT2D eigenvalue weighted by Crippen LogP contribution is -2.55. The van der Waals surface area contributed by atoms with E-state index >= 15 is 0 Å². The summed E-state index contributed by atoms with van der Waals surface area (Å²) in [4.78, 5) is 6.76. The highest BCUT2D eigenvalue weighted by atomic mass is 16.5. The van der Waals surface area contributed by atoms with Crippen molar-refractivity contribution in [2.24, 2.45) is 10.7 Å². The molecule has 1 aliphatic heterocycles. The fourth-order valence-corrected chi connectivity index (χ4v) is 3.09. The molecular formula is C12H23N3O. The molecule has 0 bridgehead atoms. The Morgan fingerprint density at radius 2 is 2.44 bits per heavy atom. The topological polar surface area (TPSA) is 50.8 Å². The molecule has 2 rings (SSSR count). The van der Waals surface area contributed by atoms with Crippen molar-refractivity contribution in [1.29, 1.82) is 0 Å². The van der Waals surface area contributed by atoms with E-state index in [4.69, 9.17) is 10.5 Å². The van der Waals surface area contributed by atoms with Gasteiger partial charge in [-0.1, -0.05) is 6.92 Å². The van der Waals surface area contributed by atoms with Gasteiger partial charge in [0.05, 0.1) is 18.2 Å². The average molecular weight is 225 g/mol. The van der Waals surface area contributed by atoms with Crippen molar-refractivity contribution in [3.63, 3.8) is 0 Å². The van der Waals surface area contributed by atoms with Crippen molar-refractivity contribution >= 4 is 5.96 Å². The molecule has 16 heavy (non-hydrogen) atoms. The Kier molecular flexibility index (Phi) is 3.38. The highest BCUT2D eigenvalue weighted by Gasteiger charge is 2.45. The van der Waals surface area contributed by atoms with Crippen molar-refractivity contribution in [2.45, 2.75) is 50.7 Å². The van der Waals surface area contributed by atoms with Crippen LogP contribution in [0.5, 0.6) is 0 Å². The second kappa shape index (κ2) is 4.62. The Morgan fingerprint density at radius 3 is 3.12 bits per heavy atom. The number of methoxy groups -OCH3 is 1. The number of nitrogens with zero attached hydrogens (tertiary/aromatic N) is 2. The summed E-state index contributed by atoms with van der Waals surface area (Å²) < 4.78 is 5.52. The molecule has 2 aliphatic rings. The Hall–Kier alpha value is -0.770. The molecule has 0 aromatic carbocycles. The van der Waals surface area contributed by atoms with Crippen molar-refractivity contribution in [1.82, 2.24) is 4.90 Å². The van der Waals surface area contributed by atoms with Crippen LogP contribution in [0.25, 0.3) is 0 Å². The molecule has 0 amide bonds. The van der Waals surface area contributed by atoms with Gasteiger partial charge in [-0.3, -0.25) is 4.99 Å². The van der Waals surface area contributed by atoms with Crippen LogP contribution in [0.1, 0.15) is 39.0 Å². The van der Waals surface area contributed by atoms with Crippen LogP contribution in [0, 0.1) is 0 Å². The first kappa shape index (κ1) is 11.7. The number of ether oxygens (including phenoxy) is 1. The van der Waals surface area contributed by atoms with Gasteiger partial charge in [-0.2, -0.15) is 0 Å². The fourth-order valence-electron chi connectivity index (χ4n) is 3.09. The predicted molar refractivity (Wildman–Crippen MR) is 65.5 cm³/mol. The van der Waals surface area contributed by atoms with Crippen LogP contribution in [0.15, 0.2) is 4.99 Å². The molecular weight excluding hydrogens is 202 g/mol. The van der Waals surface area contributed by atoms with Gasteiger partial charge < -0.3 is 15.4 Å². The molecule has 1 heterocycles. The van der Waals surface area contributed by atoms with E-state index in [0.29, 0.717) is 6.10 Å². The smallest absolute Gasteiger partial charge is 0.191 e. The van der Waals surface area contributed by atoms with Gasteiger partial charge in [0, 0.05) is 13.7 Å². The van der Waals surface area contributed by atoms with E-state index in [1.54, 1.807) is 0 Å². The molecule has 0 saturated heterocycles. The molecule has 1 saturated carbocycles. The molecule has 4 heteroatoms. The van der Waals surface area contributed by atoms with Crippen LogP contribution >= 0.6 is 0 Å². The summed E-state index contributed by atoms with van der Waals surface area (Å²) in [5, 5.41) is 0. The van der Waals surface area contributed by atoms with E-state index in [-0.39, 0.29) is 5.54 Å². The van der Waals surface area contributed by atoms with Crippen molar-refractivity contribution < 1.29 is 4.74 Å². The summed E-state index contributed by atoms with van der Waals surface area (Å²) in [6, 6.07) is 0. The van der Waals surface area contributed by atoms with Crippen LogP contribution in [0.4, 0.5) is 0 Å². The normalized spacial score (nSPS) is 34.5. The zero-order valence-corrected chi connectivity index (χ0v) is 10.4. The van der Waals surface area contributed by atoms with Crippen LogP contribution in [0.3, 0.4) is 0 Å². The van der Waals surface area contributed by atoms with Crippen molar-refractivity contribution in [3.8, 4) is 0 Å². The third kappa shape index (κ3) is 1.90. The fraction of sp³-hybridized carbons (Fsp3) is 0.917. The van der Waals surface area contributed by atoms with E-state index in [9.17, 15) is 0 Å². The summed E-state index contributed by atoms with van der Waals surface area (Å²) >= 11 is 0. The Bertz CT molecular complexity index is 279. The first-order valence-corrected chi connectivity index (χ1v) is 6.32. The van der Waals surface area contributed by atoms with E-state index in [1.165, 1.54) is 19.3 Å². The second-order valence-electron chi connectivity index (χ2n) is 5.00. The van der Waals surface area contributed by atoms with Gasteiger partial charge in [-0.15, -0.1) is 0 Å². The first-order chi connectivity index (χ1) is 7.72. The maximum Gasteiger partial charge on any atom is 0.191 e. The van der Waals surface area contributed by atoms with Crippen LogP contribution in [-0.2, 0) is 4.74 Å². The molecule has 0 aromatic rings. The summed E-state index contributed by atoms with van der Waals surface area (Å²) in [5.41, 5.74) is 6.16. The Balaban J connectivity index is 2.11. The lowest BCUT2D eigenvalue weighted by molar-refractivity contribution is 0.00924. The standard InChI is InChI=1S/C12H23N3O/c1-3-7-15-11(13)14-9-12(15)6-4-5-10(8-12)16-2/h10H,3-9H2,1-2H3,(H2,13,14).